The zero-order chi connectivity index (χ0) is 13.8. The van der Waals surface area contributed by atoms with E-state index in [1.54, 1.807) is 31.2 Å². The number of carbonyl (C=O) groups is 1. The quantitative estimate of drug-likeness (QED) is 0.935. The highest BCUT2D eigenvalue weighted by molar-refractivity contribution is 6.31. The molecule has 0 spiro atoms. The maximum absolute atomic E-state index is 11.8. The van der Waals surface area contributed by atoms with Crippen LogP contribution in [-0.4, -0.2) is 17.2 Å². The van der Waals surface area contributed by atoms with Gasteiger partial charge >= 0.3 is 0 Å². The van der Waals surface area contributed by atoms with Crippen molar-refractivity contribution in [1.29, 1.82) is 0 Å². The average Bonchev–Trinajstić information content (AvgIpc) is 2.86. The Balaban J connectivity index is 1.98. The fraction of sp³-hybridized carbons (Fsp3) is 0.231. The number of hydrogen-bond donors (Lipinski definition) is 1. The third-order valence-electron chi connectivity index (χ3n) is 2.50. The Morgan fingerprint density at radius 3 is 2.89 bits per heavy atom. The first-order valence-electron chi connectivity index (χ1n) is 5.70. The van der Waals surface area contributed by atoms with Gasteiger partial charge in [-0.25, -0.2) is 0 Å². The van der Waals surface area contributed by atoms with Gasteiger partial charge in [0.2, 0.25) is 0 Å². The van der Waals surface area contributed by atoms with Gasteiger partial charge in [-0.15, -0.1) is 0 Å². The predicted octanol–water partition coefficient (Wildman–Crippen LogP) is 3.04. The van der Waals surface area contributed by atoms with Crippen molar-refractivity contribution in [2.45, 2.75) is 20.0 Å². The van der Waals surface area contributed by atoms with Crippen molar-refractivity contribution in [3.05, 3.63) is 41.1 Å². The minimum absolute atomic E-state index is 0.304. The van der Waals surface area contributed by atoms with Gasteiger partial charge in [0.1, 0.15) is 12.0 Å². The van der Waals surface area contributed by atoms with Gasteiger partial charge in [-0.05, 0) is 37.6 Å². The van der Waals surface area contributed by atoms with Gasteiger partial charge in [-0.2, -0.15) is 0 Å². The molecule has 2 aromatic rings. The Morgan fingerprint density at radius 1 is 1.47 bits per heavy atom. The first-order chi connectivity index (χ1) is 9.06. The van der Waals surface area contributed by atoms with Crippen LogP contribution in [0, 0.1) is 6.92 Å². The van der Waals surface area contributed by atoms with Gasteiger partial charge in [0.05, 0.1) is 0 Å². The van der Waals surface area contributed by atoms with E-state index < -0.39 is 6.10 Å². The highest BCUT2D eigenvalue weighted by Crippen LogP contribution is 2.22. The Kier molecular flexibility index (Phi) is 4.06. The number of halogens is 1. The fourth-order valence-electron chi connectivity index (χ4n) is 1.45. The van der Waals surface area contributed by atoms with Crippen LogP contribution >= 0.6 is 11.6 Å². The van der Waals surface area contributed by atoms with Crippen LogP contribution in [0.3, 0.4) is 0 Å². The Morgan fingerprint density at radius 2 is 2.26 bits per heavy atom. The van der Waals surface area contributed by atoms with E-state index in [2.05, 4.69) is 15.0 Å². The monoisotopic (exact) mass is 280 g/mol. The van der Waals surface area contributed by atoms with Crippen LogP contribution in [0.4, 0.5) is 5.82 Å². The minimum atomic E-state index is -0.655. The summed E-state index contributed by atoms with van der Waals surface area (Å²) in [5.41, 5.74) is 0.892. The van der Waals surface area contributed by atoms with Crippen molar-refractivity contribution in [2.24, 2.45) is 0 Å². The van der Waals surface area contributed by atoms with Crippen LogP contribution in [0.2, 0.25) is 5.02 Å². The van der Waals surface area contributed by atoms with Crippen molar-refractivity contribution < 1.29 is 14.1 Å². The number of ether oxygens (including phenoxy) is 1. The van der Waals surface area contributed by atoms with E-state index >= 15 is 0 Å². The SMILES string of the molecule is Cc1cc(OC(C)C(=O)Nc2ccon2)ccc1Cl. The number of anilines is 1. The molecule has 1 aromatic carbocycles. The highest BCUT2D eigenvalue weighted by atomic mass is 35.5. The molecular formula is C13H13ClN2O3. The number of rotatable bonds is 4. The van der Waals surface area contributed by atoms with Gasteiger partial charge < -0.3 is 14.6 Å². The minimum Gasteiger partial charge on any atom is -0.481 e. The third-order valence-corrected chi connectivity index (χ3v) is 2.92. The number of hydrogen-bond acceptors (Lipinski definition) is 4. The second kappa shape index (κ2) is 5.75. The summed E-state index contributed by atoms with van der Waals surface area (Å²) in [6.07, 6.45) is 0.723. The van der Waals surface area contributed by atoms with Crippen molar-refractivity contribution in [2.75, 3.05) is 5.32 Å². The van der Waals surface area contributed by atoms with E-state index in [4.69, 9.17) is 16.3 Å². The number of benzene rings is 1. The second-order valence-corrected chi connectivity index (χ2v) is 4.45. The van der Waals surface area contributed by atoms with Gasteiger partial charge in [0.15, 0.2) is 11.9 Å². The summed E-state index contributed by atoms with van der Waals surface area (Å²) in [7, 11) is 0. The summed E-state index contributed by atoms with van der Waals surface area (Å²) in [4.78, 5) is 11.8. The molecule has 2 rings (SSSR count). The molecule has 0 saturated heterocycles. The lowest BCUT2D eigenvalue weighted by atomic mass is 10.2. The number of carbonyl (C=O) groups excluding carboxylic acids is 1. The maximum Gasteiger partial charge on any atom is 0.266 e. The molecular weight excluding hydrogens is 268 g/mol. The molecule has 0 aliphatic rings. The van der Waals surface area contributed by atoms with E-state index in [0.29, 0.717) is 16.6 Å². The smallest absolute Gasteiger partial charge is 0.266 e. The molecule has 1 N–H and O–H groups in total. The normalized spacial score (nSPS) is 11.9. The molecule has 1 aromatic heterocycles. The first-order valence-corrected chi connectivity index (χ1v) is 6.08. The fourth-order valence-corrected chi connectivity index (χ4v) is 1.57. The Labute approximate surface area is 115 Å². The molecule has 5 nitrogen and oxygen atoms in total. The van der Waals surface area contributed by atoms with Crippen molar-refractivity contribution >= 4 is 23.3 Å². The number of nitrogens with zero attached hydrogens (tertiary/aromatic N) is 1. The summed E-state index contributed by atoms with van der Waals surface area (Å²) < 4.78 is 10.2. The Hall–Kier alpha value is -2.01. The lowest BCUT2D eigenvalue weighted by Gasteiger charge is -2.14. The summed E-state index contributed by atoms with van der Waals surface area (Å²) in [6, 6.07) is 6.78. The molecule has 1 heterocycles. The molecule has 0 aliphatic carbocycles. The van der Waals surface area contributed by atoms with Crippen LogP contribution in [-0.2, 0) is 4.79 Å². The van der Waals surface area contributed by atoms with Gasteiger partial charge in [-0.3, -0.25) is 4.79 Å². The molecule has 0 radical (unpaired) electrons. The summed E-state index contributed by atoms with van der Waals surface area (Å²) in [6.45, 7) is 3.52. The second-order valence-electron chi connectivity index (χ2n) is 4.05. The lowest BCUT2D eigenvalue weighted by Crippen LogP contribution is -2.30. The number of aromatic nitrogens is 1. The van der Waals surface area contributed by atoms with Gasteiger partial charge in [0.25, 0.3) is 5.91 Å². The van der Waals surface area contributed by atoms with Crippen molar-refractivity contribution in [1.82, 2.24) is 5.16 Å². The predicted molar refractivity (Wildman–Crippen MR) is 71.4 cm³/mol. The number of amides is 1. The van der Waals surface area contributed by atoms with Crippen molar-refractivity contribution in [3.8, 4) is 5.75 Å². The zero-order valence-electron chi connectivity index (χ0n) is 10.5. The van der Waals surface area contributed by atoms with Crippen molar-refractivity contribution in [3.63, 3.8) is 0 Å². The molecule has 6 heteroatoms. The zero-order valence-corrected chi connectivity index (χ0v) is 11.3. The number of nitrogens with one attached hydrogen (secondary N) is 1. The number of aryl methyl sites for hydroxylation is 1. The molecule has 1 atom stereocenters. The molecule has 19 heavy (non-hydrogen) atoms. The molecule has 1 unspecified atom stereocenters. The molecule has 0 fully saturated rings. The topological polar surface area (TPSA) is 64.4 Å². The van der Waals surface area contributed by atoms with Gasteiger partial charge in [0, 0.05) is 11.1 Å². The standard InChI is InChI=1S/C13H13ClN2O3/c1-8-7-10(3-4-11(8)14)19-9(2)13(17)15-12-5-6-18-16-12/h3-7,9H,1-2H3,(H,15,16,17). The van der Waals surface area contributed by atoms with E-state index in [1.807, 2.05) is 6.92 Å². The van der Waals surface area contributed by atoms with E-state index in [-0.39, 0.29) is 5.91 Å². The van der Waals surface area contributed by atoms with E-state index in [1.165, 1.54) is 6.26 Å². The largest absolute Gasteiger partial charge is 0.481 e. The van der Waals surface area contributed by atoms with Crippen LogP contribution < -0.4 is 10.1 Å². The lowest BCUT2D eigenvalue weighted by molar-refractivity contribution is -0.122. The highest BCUT2D eigenvalue weighted by Gasteiger charge is 2.16. The molecule has 0 saturated carbocycles. The molecule has 100 valence electrons. The van der Waals surface area contributed by atoms with Crippen LogP contribution in [0.25, 0.3) is 0 Å². The summed E-state index contributed by atoms with van der Waals surface area (Å²) >= 11 is 5.92. The first kappa shape index (κ1) is 13.4. The average molecular weight is 281 g/mol. The van der Waals surface area contributed by atoms with Crippen LogP contribution in [0.1, 0.15) is 12.5 Å². The van der Waals surface area contributed by atoms with E-state index in [0.717, 1.165) is 5.56 Å². The third kappa shape index (κ3) is 3.48. The maximum atomic E-state index is 11.8. The van der Waals surface area contributed by atoms with Gasteiger partial charge in [-0.1, -0.05) is 16.8 Å². The Bertz CT molecular complexity index is 569. The molecule has 0 aliphatic heterocycles. The summed E-state index contributed by atoms with van der Waals surface area (Å²) in [5.74, 6) is 0.638. The van der Waals surface area contributed by atoms with Crippen LogP contribution in [0.5, 0.6) is 5.75 Å². The molecule has 0 bridgehead atoms. The molecule has 1 amide bonds. The van der Waals surface area contributed by atoms with Crippen LogP contribution in [0.15, 0.2) is 35.1 Å². The van der Waals surface area contributed by atoms with E-state index in [9.17, 15) is 4.79 Å². The summed E-state index contributed by atoms with van der Waals surface area (Å²) in [5, 5.41) is 6.82.